The van der Waals surface area contributed by atoms with Crippen LogP contribution in [0.5, 0.6) is 0 Å². The molecule has 1 aromatic carbocycles. The van der Waals surface area contributed by atoms with Gasteiger partial charge in [-0.3, -0.25) is 0 Å². The van der Waals surface area contributed by atoms with Crippen molar-refractivity contribution in [3.8, 4) is 0 Å². The fourth-order valence-electron chi connectivity index (χ4n) is 2.63. The van der Waals surface area contributed by atoms with E-state index in [2.05, 4.69) is 39.9 Å². The molecule has 0 spiro atoms. The van der Waals surface area contributed by atoms with E-state index in [1.54, 1.807) is 0 Å². The lowest BCUT2D eigenvalue weighted by molar-refractivity contribution is 0.459. The summed E-state index contributed by atoms with van der Waals surface area (Å²) < 4.78 is 1.06. The van der Waals surface area contributed by atoms with Crippen LogP contribution in [0.15, 0.2) is 22.7 Å². The van der Waals surface area contributed by atoms with Crippen LogP contribution in [0, 0.1) is 5.92 Å². The zero-order valence-electron chi connectivity index (χ0n) is 10.5. The van der Waals surface area contributed by atoms with Gasteiger partial charge in [0.25, 0.3) is 0 Å². The fourth-order valence-corrected chi connectivity index (χ4v) is 3.01. The van der Waals surface area contributed by atoms with Crippen molar-refractivity contribution in [2.24, 2.45) is 5.92 Å². The van der Waals surface area contributed by atoms with Crippen molar-refractivity contribution < 1.29 is 0 Å². The van der Waals surface area contributed by atoms with E-state index in [1.807, 2.05) is 6.07 Å². The largest absolute Gasteiger partial charge is 0.397 e. The molecule has 0 aliphatic carbocycles. The van der Waals surface area contributed by atoms with Crippen molar-refractivity contribution in [3.63, 3.8) is 0 Å². The van der Waals surface area contributed by atoms with E-state index >= 15 is 0 Å². The molecule has 0 radical (unpaired) electrons. The number of hydrogen-bond donors (Lipinski definition) is 1. The second-order valence-corrected chi connectivity index (χ2v) is 5.81. The molecule has 2 rings (SSSR count). The minimum absolute atomic E-state index is 0.884. The summed E-state index contributed by atoms with van der Waals surface area (Å²) in [5, 5.41) is 0. The molecule has 0 amide bonds. The first-order chi connectivity index (χ1) is 8.20. The normalized spacial score (nSPS) is 21.3. The van der Waals surface area contributed by atoms with Crippen LogP contribution in [0.1, 0.15) is 32.6 Å². The first-order valence-corrected chi connectivity index (χ1v) is 7.30. The lowest BCUT2D eigenvalue weighted by Gasteiger charge is -2.24. The van der Waals surface area contributed by atoms with E-state index in [-0.39, 0.29) is 0 Å². The molecule has 2 nitrogen and oxygen atoms in total. The molecule has 17 heavy (non-hydrogen) atoms. The third kappa shape index (κ3) is 3.15. The van der Waals surface area contributed by atoms with Crippen molar-refractivity contribution in [3.05, 3.63) is 22.7 Å². The molecule has 0 aromatic heterocycles. The van der Waals surface area contributed by atoms with Gasteiger partial charge in [0.1, 0.15) is 0 Å². The zero-order valence-corrected chi connectivity index (χ0v) is 12.0. The molecule has 2 N–H and O–H groups in total. The number of hydrogen-bond acceptors (Lipinski definition) is 2. The van der Waals surface area contributed by atoms with Crippen LogP contribution in [0.25, 0.3) is 0 Å². The molecule has 1 heterocycles. The van der Waals surface area contributed by atoms with Crippen molar-refractivity contribution in [2.75, 3.05) is 23.7 Å². The predicted molar refractivity (Wildman–Crippen MR) is 78.4 cm³/mol. The maximum absolute atomic E-state index is 6.10. The standard InChI is InChI=1S/C14H21BrN2/c1-2-11-4-3-8-17(9-7-11)14-6-5-12(15)10-13(14)16/h5-6,10-11H,2-4,7-9,16H2,1H3. The minimum Gasteiger partial charge on any atom is -0.397 e. The smallest absolute Gasteiger partial charge is 0.0600 e. The summed E-state index contributed by atoms with van der Waals surface area (Å²) in [7, 11) is 0. The summed E-state index contributed by atoms with van der Waals surface area (Å²) >= 11 is 3.46. The van der Waals surface area contributed by atoms with Crippen LogP contribution in [-0.2, 0) is 0 Å². The first-order valence-electron chi connectivity index (χ1n) is 6.50. The second kappa shape index (κ2) is 5.76. The van der Waals surface area contributed by atoms with Gasteiger partial charge in [-0.15, -0.1) is 0 Å². The van der Waals surface area contributed by atoms with Gasteiger partial charge in [-0.05, 0) is 43.4 Å². The van der Waals surface area contributed by atoms with Crippen LogP contribution in [-0.4, -0.2) is 13.1 Å². The third-order valence-electron chi connectivity index (χ3n) is 3.76. The van der Waals surface area contributed by atoms with E-state index < -0.39 is 0 Å². The van der Waals surface area contributed by atoms with Crippen LogP contribution in [0.4, 0.5) is 11.4 Å². The Bertz CT molecular complexity index is 378. The quantitative estimate of drug-likeness (QED) is 0.834. The number of nitrogens with two attached hydrogens (primary N) is 1. The number of nitrogen functional groups attached to an aromatic ring is 1. The van der Waals surface area contributed by atoms with Gasteiger partial charge in [-0.1, -0.05) is 29.3 Å². The van der Waals surface area contributed by atoms with Gasteiger partial charge in [0, 0.05) is 17.6 Å². The molecule has 1 saturated heterocycles. The Morgan fingerprint density at radius 2 is 2.18 bits per heavy atom. The molecule has 1 atom stereocenters. The predicted octanol–water partition coefficient (Wildman–Crippen LogP) is 4.05. The van der Waals surface area contributed by atoms with E-state index in [4.69, 9.17) is 5.73 Å². The summed E-state index contributed by atoms with van der Waals surface area (Å²) in [6, 6.07) is 6.21. The molecular weight excluding hydrogens is 276 g/mol. The molecule has 1 unspecified atom stereocenters. The average Bonchev–Trinajstić information content (AvgIpc) is 2.54. The Morgan fingerprint density at radius 1 is 1.35 bits per heavy atom. The molecule has 94 valence electrons. The molecule has 1 aliphatic rings. The molecule has 1 aromatic rings. The Balaban J connectivity index is 2.11. The Hall–Kier alpha value is -0.700. The van der Waals surface area contributed by atoms with Crippen molar-refractivity contribution in [1.82, 2.24) is 0 Å². The monoisotopic (exact) mass is 296 g/mol. The molecule has 1 aliphatic heterocycles. The average molecular weight is 297 g/mol. The Morgan fingerprint density at radius 3 is 2.88 bits per heavy atom. The van der Waals surface area contributed by atoms with Gasteiger partial charge in [0.2, 0.25) is 0 Å². The third-order valence-corrected chi connectivity index (χ3v) is 4.25. The summed E-state index contributed by atoms with van der Waals surface area (Å²) in [6.07, 6.45) is 5.26. The van der Waals surface area contributed by atoms with E-state index in [9.17, 15) is 0 Å². The summed E-state index contributed by atoms with van der Waals surface area (Å²) in [6.45, 7) is 4.58. The van der Waals surface area contributed by atoms with Gasteiger partial charge in [-0.2, -0.15) is 0 Å². The zero-order chi connectivity index (χ0) is 12.3. The highest BCUT2D eigenvalue weighted by molar-refractivity contribution is 9.10. The Kier molecular flexibility index (Phi) is 4.32. The number of rotatable bonds is 2. The van der Waals surface area contributed by atoms with Gasteiger partial charge in [-0.25, -0.2) is 0 Å². The topological polar surface area (TPSA) is 29.3 Å². The van der Waals surface area contributed by atoms with Crippen LogP contribution >= 0.6 is 15.9 Å². The SMILES string of the molecule is CCC1CCCN(c2ccc(Br)cc2N)CC1. The summed E-state index contributed by atoms with van der Waals surface area (Å²) in [5.74, 6) is 0.900. The van der Waals surface area contributed by atoms with E-state index in [0.29, 0.717) is 0 Å². The van der Waals surface area contributed by atoms with E-state index in [1.165, 1.54) is 31.4 Å². The maximum Gasteiger partial charge on any atom is 0.0600 e. The highest BCUT2D eigenvalue weighted by Gasteiger charge is 2.17. The van der Waals surface area contributed by atoms with Gasteiger partial charge in [0.05, 0.1) is 11.4 Å². The molecular formula is C14H21BrN2. The number of anilines is 2. The second-order valence-electron chi connectivity index (χ2n) is 4.90. The molecule has 0 saturated carbocycles. The van der Waals surface area contributed by atoms with Crippen LogP contribution in [0.3, 0.4) is 0 Å². The number of benzene rings is 1. The number of halogens is 1. The van der Waals surface area contributed by atoms with Crippen molar-refractivity contribution in [1.29, 1.82) is 0 Å². The first kappa shape index (κ1) is 12.7. The van der Waals surface area contributed by atoms with Gasteiger partial charge < -0.3 is 10.6 Å². The van der Waals surface area contributed by atoms with Crippen molar-refractivity contribution in [2.45, 2.75) is 32.6 Å². The minimum atomic E-state index is 0.884. The molecule has 0 bridgehead atoms. The van der Waals surface area contributed by atoms with Gasteiger partial charge >= 0.3 is 0 Å². The summed E-state index contributed by atoms with van der Waals surface area (Å²) in [5.41, 5.74) is 8.18. The Labute approximate surface area is 112 Å². The van der Waals surface area contributed by atoms with Crippen molar-refractivity contribution >= 4 is 27.3 Å². The molecule has 3 heteroatoms. The van der Waals surface area contributed by atoms with E-state index in [0.717, 1.165) is 29.2 Å². The lowest BCUT2D eigenvalue weighted by Crippen LogP contribution is -2.25. The summed E-state index contributed by atoms with van der Waals surface area (Å²) in [4.78, 5) is 2.44. The van der Waals surface area contributed by atoms with Crippen LogP contribution in [0.2, 0.25) is 0 Å². The van der Waals surface area contributed by atoms with Crippen LogP contribution < -0.4 is 10.6 Å². The number of nitrogens with zero attached hydrogens (tertiary/aromatic N) is 1. The van der Waals surface area contributed by atoms with Gasteiger partial charge in [0.15, 0.2) is 0 Å². The highest BCUT2D eigenvalue weighted by atomic mass is 79.9. The fraction of sp³-hybridized carbons (Fsp3) is 0.571. The maximum atomic E-state index is 6.10. The highest BCUT2D eigenvalue weighted by Crippen LogP contribution is 2.30. The molecule has 1 fully saturated rings. The lowest BCUT2D eigenvalue weighted by atomic mass is 9.98.